The third-order valence-electron chi connectivity index (χ3n) is 4.03. The van der Waals surface area contributed by atoms with Gasteiger partial charge in [0.1, 0.15) is 6.10 Å². The minimum absolute atomic E-state index is 0.0293. The highest BCUT2D eigenvalue weighted by Crippen LogP contribution is 2.16. The van der Waals surface area contributed by atoms with E-state index in [1.54, 1.807) is 18.3 Å². The summed E-state index contributed by atoms with van der Waals surface area (Å²) in [6.07, 6.45) is 4.26. The highest BCUT2D eigenvalue weighted by Gasteiger charge is 2.25. The van der Waals surface area contributed by atoms with E-state index in [-0.39, 0.29) is 12.1 Å². The number of nitrogens with one attached hydrogen (secondary N) is 1. The number of rotatable bonds is 5. The first-order valence-electron chi connectivity index (χ1n) is 8.32. The van der Waals surface area contributed by atoms with Crippen LogP contribution in [0.4, 0.5) is 4.79 Å². The summed E-state index contributed by atoms with van der Waals surface area (Å²) in [5, 5.41) is 10.7. The number of benzene rings is 1. The second-order valence-electron chi connectivity index (χ2n) is 5.86. The van der Waals surface area contributed by atoms with Crippen LogP contribution in [0.15, 0.2) is 48.7 Å². The summed E-state index contributed by atoms with van der Waals surface area (Å²) < 4.78 is 5.81. The minimum atomic E-state index is -0.0321. The molecule has 1 aromatic heterocycles. The van der Waals surface area contributed by atoms with Crippen LogP contribution in [0.1, 0.15) is 18.4 Å². The molecule has 2 heterocycles. The van der Waals surface area contributed by atoms with Gasteiger partial charge in [0.25, 0.3) is 0 Å². The van der Waals surface area contributed by atoms with Crippen molar-refractivity contribution in [1.29, 1.82) is 0 Å². The van der Waals surface area contributed by atoms with Gasteiger partial charge < -0.3 is 15.0 Å². The minimum Gasteiger partial charge on any atom is -0.471 e. The van der Waals surface area contributed by atoms with Gasteiger partial charge in [-0.25, -0.2) is 4.79 Å². The number of piperidine rings is 1. The maximum atomic E-state index is 12.3. The van der Waals surface area contributed by atoms with E-state index in [9.17, 15) is 4.79 Å². The van der Waals surface area contributed by atoms with E-state index < -0.39 is 0 Å². The average molecular weight is 326 g/mol. The number of amides is 2. The SMILES string of the molecule is O=C(NCCc1ccccc1)N1CCCC(Oc2cccnn2)C1. The molecule has 6 nitrogen and oxygen atoms in total. The Morgan fingerprint density at radius 1 is 1.25 bits per heavy atom. The molecule has 3 rings (SSSR count). The van der Waals surface area contributed by atoms with Crippen molar-refractivity contribution in [2.45, 2.75) is 25.4 Å². The van der Waals surface area contributed by atoms with Crippen LogP contribution in [0.3, 0.4) is 0 Å². The molecular weight excluding hydrogens is 304 g/mol. The predicted molar refractivity (Wildman–Crippen MR) is 90.8 cm³/mol. The molecule has 24 heavy (non-hydrogen) atoms. The number of hydrogen-bond donors (Lipinski definition) is 1. The molecule has 2 aromatic rings. The summed E-state index contributed by atoms with van der Waals surface area (Å²) in [6, 6.07) is 13.7. The van der Waals surface area contributed by atoms with Gasteiger partial charge in [-0.3, -0.25) is 0 Å². The summed E-state index contributed by atoms with van der Waals surface area (Å²) in [7, 11) is 0. The van der Waals surface area contributed by atoms with E-state index in [2.05, 4.69) is 27.6 Å². The van der Waals surface area contributed by atoms with Gasteiger partial charge in [0, 0.05) is 25.4 Å². The summed E-state index contributed by atoms with van der Waals surface area (Å²) in [5.74, 6) is 0.508. The second kappa shape index (κ2) is 8.29. The molecule has 0 aliphatic carbocycles. The van der Waals surface area contributed by atoms with Gasteiger partial charge in [-0.05, 0) is 30.9 Å². The third-order valence-corrected chi connectivity index (χ3v) is 4.03. The first kappa shape index (κ1) is 16.2. The number of carbonyl (C=O) groups is 1. The van der Waals surface area contributed by atoms with E-state index in [4.69, 9.17) is 4.74 Å². The summed E-state index contributed by atoms with van der Waals surface area (Å²) >= 11 is 0. The normalized spacial score (nSPS) is 17.3. The maximum Gasteiger partial charge on any atom is 0.317 e. The molecule has 1 fully saturated rings. The average Bonchev–Trinajstić information content (AvgIpc) is 2.64. The fourth-order valence-corrected chi connectivity index (χ4v) is 2.81. The summed E-state index contributed by atoms with van der Waals surface area (Å²) in [5.41, 5.74) is 1.22. The molecule has 6 heteroatoms. The molecule has 1 aromatic carbocycles. The molecular formula is C18H22N4O2. The first-order chi connectivity index (χ1) is 11.8. The van der Waals surface area contributed by atoms with Gasteiger partial charge in [0.2, 0.25) is 5.88 Å². The van der Waals surface area contributed by atoms with Crippen molar-refractivity contribution in [1.82, 2.24) is 20.4 Å². The van der Waals surface area contributed by atoms with Crippen molar-refractivity contribution >= 4 is 6.03 Å². The Hall–Kier alpha value is -2.63. The predicted octanol–water partition coefficient (Wildman–Crippen LogP) is 2.27. The maximum absolute atomic E-state index is 12.3. The Morgan fingerprint density at radius 2 is 2.12 bits per heavy atom. The van der Waals surface area contributed by atoms with Crippen LogP contribution in [0.5, 0.6) is 5.88 Å². The molecule has 126 valence electrons. The zero-order valence-electron chi connectivity index (χ0n) is 13.6. The lowest BCUT2D eigenvalue weighted by atomic mass is 10.1. The van der Waals surface area contributed by atoms with E-state index in [0.717, 1.165) is 25.8 Å². The summed E-state index contributed by atoms with van der Waals surface area (Å²) in [6.45, 7) is 1.97. The molecule has 0 bridgehead atoms. The fraction of sp³-hybridized carbons (Fsp3) is 0.389. The van der Waals surface area contributed by atoms with Crippen molar-refractivity contribution in [2.24, 2.45) is 0 Å². The van der Waals surface area contributed by atoms with Crippen LogP contribution in [0.25, 0.3) is 0 Å². The Morgan fingerprint density at radius 3 is 2.92 bits per heavy atom. The topological polar surface area (TPSA) is 67.4 Å². The van der Waals surface area contributed by atoms with Gasteiger partial charge in [0.15, 0.2) is 0 Å². The molecule has 0 radical (unpaired) electrons. The number of nitrogens with zero attached hydrogens (tertiary/aromatic N) is 3. The number of carbonyl (C=O) groups excluding carboxylic acids is 1. The lowest BCUT2D eigenvalue weighted by Crippen LogP contribution is -2.49. The second-order valence-corrected chi connectivity index (χ2v) is 5.86. The highest BCUT2D eigenvalue weighted by atomic mass is 16.5. The quantitative estimate of drug-likeness (QED) is 0.915. The monoisotopic (exact) mass is 326 g/mol. The molecule has 2 amide bonds. The van der Waals surface area contributed by atoms with E-state index in [1.165, 1.54) is 5.56 Å². The number of aromatic nitrogens is 2. The van der Waals surface area contributed by atoms with Gasteiger partial charge in [-0.15, -0.1) is 5.10 Å². The van der Waals surface area contributed by atoms with Crippen molar-refractivity contribution < 1.29 is 9.53 Å². The molecule has 1 unspecified atom stereocenters. The molecule has 1 aliphatic heterocycles. The van der Waals surface area contributed by atoms with Gasteiger partial charge in [-0.1, -0.05) is 30.3 Å². The largest absolute Gasteiger partial charge is 0.471 e. The Balaban J connectivity index is 1.44. The molecule has 1 atom stereocenters. The number of ether oxygens (including phenoxy) is 1. The Kier molecular flexibility index (Phi) is 5.61. The highest BCUT2D eigenvalue weighted by molar-refractivity contribution is 5.74. The van der Waals surface area contributed by atoms with Crippen LogP contribution in [0, 0.1) is 0 Å². The molecule has 1 N–H and O–H groups in total. The molecule has 1 saturated heterocycles. The first-order valence-corrected chi connectivity index (χ1v) is 8.32. The van der Waals surface area contributed by atoms with Crippen molar-refractivity contribution in [3.63, 3.8) is 0 Å². The lowest BCUT2D eigenvalue weighted by molar-refractivity contribution is 0.0971. The molecule has 0 saturated carbocycles. The van der Waals surface area contributed by atoms with Crippen LogP contribution in [0.2, 0.25) is 0 Å². The molecule has 1 aliphatic rings. The number of hydrogen-bond acceptors (Lipinski definition) is 4. The standard InChI is InChI=1S/C18H22N4O2/c23-18(19-12-10-15-6-2-1-3-7-15)22-13-5-8-16(14-22)24-17-9-4-11-20-21-17/h1-4,6-7,9,11,16H,5,8,10,12-14H2,(H,19,23). The smallest absolute Gasteiger partial charge is 0.317 e. The number of likely N-dealkylation sites (tertiary alicyclic amines) is 1. The lowest BCUT2D eigenvalue weighted by Gasteiger charge is -2.32. The van der Waals surface area contributed by atoms with Gasteiger partial charge in [0.05, 0.1) is 6.54 Å². The summed E-state index contributed by atoms with van der Waals surface area (Å²) in [4.78, 5) is 14.1. The zero-order valence-corrected chi connectivity index (χ0v) is 13.6. The zero-order chi connectivity index (χ0) is 16.6. The van der Waals surface area contributed by atoms with Gasteiger partial charge >= 0.3 is 6.03 Å². The van der Waals surface area contributed by atoms with E-state index in [0.29, 0.717) is 19.0 Å². The third kappa shape index (κ3) is 4.68. The fourth-order valence-electron chi connectivity index (χ4n) is 2.81. The van der Waals surface area contributed by atoms with Crippen molar-refractivity contribution in [2.75, 3.05) is 19.6 Å². The van der Waals surface area contributed by atoms with Crippen molar-refractivity contribution in [3.8, 4) is 5.88 Å². The van der Waals surface area contributed by atoms with Gasteiger partial charge in [-0.2, -0.15) is 5.10 Å². The van der Waals surface area contributed by atoms with Crippen molar-refractivity contribution in [3.05, 3.63) is 54.2 Å². The van der Waals surface area contributed by atoms with Crippen LogP contribution in [-0.2, 0) is 6.42 Å². The van der Waals surface area contributed by atoms with E-state index in [1.807, 2.05) is 23.1 Å². The van der Waals surface area contributed by atoms with Crippen LogP contribution in [-0.4, -0.2) is 46.9 Å². The van der Waals surface area contributed by atoms with Crippen LogP contribution >= 0.6 is 0 Å². The Bertz CT molecular complexity index is 636. The van der Waals surface area contributed by atoms with Crippen LogP contribution < -0.4 is 10.1 Å². The molecule has 0 spiro atoms. The van der Waals surface area contributed by atoms with E-state index >= 15 is 0 Å². The number of urea groups is 1. The Labute approximate surface area is 141 Å².